The van der Waals surface area contributed by atoms with Gasteiger partial charge in [0.25, 0.3) is 0 Å². The normalized spacial score (nSPS) is 12.3. The lowest BCUT2D eigenvalue weighted by atomic mass is 10.1. The van der Waals surface area contributed by atoms with Crippen LogP contribution < -0.4 is 0 Å². The number of aromatic nitrogens is 2. The van der Waals surface area contributed by atoms with Gasteiger partial charge in [0.05, 0.1) is 12.6 Å². The van der Waals surface area contributed by atoms with Gasteiger partial charge in [0.1, 0.15) is 5.69 Å². The molecule has 0 bridgehead atoms. The monoisotopic (exact) mass is 368 g/mol. The Labute approximate surface area is 158 Å². The highest BCUT2D eigenvalue weighted by atomic mass is 16.5. The van der Waals surface area contributed by atoms with E-state index in [1.165, 1.54) is 0 Å². The first-order valence-electron chi connectivity index (χ1n) is 8.87. The molecule has 0 amide bonds. The van der Waals surface area contributed by atoms with Crippen LogP contribution in [0.15, 0.2) is 36.4 Å². The van der Waals surface area contributed by atoms with Gasteiger partial charge in [-0.05, 0) is 39.0 Å². The number of ketones is 1. The van der Waals surface area contributed by atoms with Crippen LogP contribution in [0.3, 0.4) is 0 Å². The van der Waals surface area contributed by atoms with Gasteiger partial charge < -0.3 is 19.0 Å². The molecule has 0 aliphatic rings. The lowest BCUT2D eigenvalue weighted by Gasteiger charge is -2.17. The molecular formula is C21H24N2O4. The summed E-state index contributed by atoms with van der Waals surface area (Å²) in [5.41, 5.74) is 3.58. The van der Waals surface area contributed by atoms with Crippen molar-refractivity contribution in [3.05, 3.63) is 59.0 Å². The van der Waals surface area contributed by atoms with Gasteiger partial charge in [0.2, 0.25) is 5.78 Å². The first-order valence-corrected chi connectivity index (χ1v) is 8.87. The van der Waals surface area contributed by atoms with E-state index in [9.17, 15) is 9.59 Å². The number of fused-ring (bicyclic) bond motifs is 1. The van der Waals surface area contributed by atoms with Crippen LogP contribution in [-0.2, 0) is 9.47 Å². The minimum atomic E-state index is -0.541. The van der Waals surface area contributed by atoms with Crippen molar-refractivity contribution in [2.45, 2.75) is 26.8 Å². The first-order chi connectivity index (χ1) is 12.9. The topological polar surface area (TPSA) is 73.3 Å². The highest BCUT2D eigenvalue weighted by Gasteiger charge is 2.20. The number of ether oxygens (including phenoxy) is 2. The number of aromatic amines is 1. The average Bonchev–Trinajstić information content (AvgIpc) is 3.20. The number of rotatable bonds is 7. The minimum absolute atomic E-state index is 0.116. The van der Waals surface area contributed by atoms with Crippen molar-refractivity contribution in [3.63, 3.8) is 0 Å². The van der Waals surface area contributed by atoms with Crippen molar-refractivity contribution < 1.29 is 19.1 Å². The van der Waals surface area contributed by atoms with E-state index < -0.39 is 5.97 Å². The van der Waals surface area contributed by atoms with Gasteiger partial charge in [-0.3, -0.25) is 4.79 Å². The molecule has 2 heterocycles. The Balaban J connectivity index is 1.70. The Morgan fingerprint density at radius 2 is 1.93 bits per heavy atom. The Bertz CT molecular complexity index is 950. The van der Waals surface area contributed by atoms with Gasteiger partial charge in [0, 0.05) is 35.0 Å². The molecule has 3 aromatic rings. The zero-order valence-electron chi connectivity index (χ0n) is 16.0. The molecule has 0 radical (unpaired) electrons. The maximum Gasteiger partial charge on any atom is 0.355 e. The van der Waals surface area contributed by atoms with Gasteiger partial charge >= 0.3 is 5.97 Å². The molecule has 3 rings (SSSR count). The molecule has 0 aliphatic carbocycles. The Hall–Kier alpha value is -2.86. The summed E-state index contributed by atoms with van der Waals surface area (Å²) in [4.78, 5) is 27.9. The van der Waals surface area contributed by atoms with Crippen molar-refractivity contribution >= 4 is 22.7 Å². The second kappa shape index (κ2) is 7.80. The number of para-hydroxylation sites is 1. The number of hydrogen-bond donors (Lipinski definition) is 1. The van der Waals surface area contributed by atoms with Crippen molar-refractivity contribution in [2.24, 2.45) is 0 Å². The number of carbonyl (C=O) groups excluding carboxylic acids is 2. The number of hydrogen-bond acceptors (Lipinski definition) is 4. The van der Waals surface area contributed by atoms with E-state index in [-0.39, 0.29) is 18.4 Å². The van der Waals surface area contributed by atoms with Crippen LogP contribution in [0.1, 0.15) is 45.2 Å². The van der Waals surface area contributed by atoms with Crippen LogP contribution in [0, 0.1) is 13.8 Å². The highest BCUT2D eigenvalue weighted by molar-refractivity contribution is 6.01. The molecule has 1 atom stereocenters. The van der Waals surface area contributed by atoms with Crippen LogP contribution in [0.25, 0.3) is 10.9 Å². The summed E-state index contributed by atoms with van der Waals surface area (Å²) in [5.74, 6) is -0.760. The Morgan fingerprint density at radius 1 is 1.19 bits per heavy atom. The lowest BCUT2D eigenvalue weighted by Crippen LogP contribution is -2.17. The number of nitrogens with one attached hydrogen (secondary N) is 1. The van der Waals surface area contributed by atoms with Crippen LogP contribution in [0.2, 0.25) is 0 Å². The van der Waals surface area contributed by atoms with Crippen molar-refractivity contribution in [3.8, 4) is 0 Å². The molecular weight excluding hydrogens is 344 g/mol. The summed E-state index contributed by atoms with van der Waals surface area (Å²) >= 11 is 0. The third-order valence-corrected chi connectivity index (χ3v) is 4.72. The molecule has 0 spiro atoms. The summed E-state index contributed by atoms with van der Waals surface area (Å²) in [7, 11) is 1.65. The largest absolute Gasteiger partial charge is 0.453 e. The quantitative estimate of drug-likeness (QED) is 0.508. The van der Waals surface area contributed by atoms with Crippen LogP contribution in [0.5, 0.6) is 0 Å². The molecule has 0 saturated heterocycles. The molecule has 1 unspecified atom stereocenters. The molecule has 2 aromatic heterocycles. The molecule has 0 aliphatic heterocycles. The van der Waals surface area contributed by atoms with Gasteiger partial charge in [-0.15, -0.1) is 0 Å². The third-order valence-electron chi connectivity index (χ3n) is 4.72. The third kappa shape index (κ3) is 3.80. The molecule has 142 valence electrons. The van der Waals surface area contributed by atoms with Gasteiger partial charge in [-0.1, -0.05) is 18.2 Å². The van der Waals surface area contributed by atoms with Crippen LogP contribution in [0.4, 0.5) is 0 Å². The molecule has 0 saturated carbocycles. The number of carbonyl (C=O) groups is 2. The van der Waals surface area contributed by atoms with Gasteiger partial charge in [-0.25, -0.2) is 4.79 Å². The fourth-order valence-corrected chi connectivity index (χ4v) is 3.52. The molecule has 0 fully saturated rings. The Kier molecular flexibility index (Phi) is 5.46. The van der Waals surface area contributed by atoms with Crippen LogP contribution >= 0.6 is 0 Å². The minimum Gasteiger partial charge on any atom is -0.453 e. The van der Waals surface area contributed by atoms with E-state index >= 15 is 0 Å². The number of methoxy groups -OCH3 is 1. The van der Waals surface area contributed by atoms with E-state index in [1.807, 2.05) is 51.1 Å². The number of benzene rings is 1. The molecule has 27 heavy (non-hydrogen) atoms. The van der Waals surface area contributed by atoms with Gasteiger partial charge in [-0.2, -0.15) is 0 Å². The van der Waals surface area contributed by atoms with E-state index in [1.54, 1.807) is 13.2 Å². The number of Topliss-reactive ketones (excluding diaryl/α,β-unsaturated/α-hetero) is 1. The molecule has 1 aromatic carbocycles. The second-order valence-electron chi connectivity index (χ2n) is 6.73. The first kappa shape index (κ1) is 18.9. The summed E-state index contributed by atoms with van der Waals surface area (Å²) in [5, 5.41) is 0.923. The van der Waals surface area contributed by atoms with E-state index in [0.717, 1.165) is 22.3 Å². The number of aryl methyl sites for hydroxylation is 1. The number of esters is 1. The zero-order valence-corrected chi connectivity index (χ0v) is 16.0. The predicted molar refractivity (Wildman–Crippen MR) is 103 cm³/mol. The standard InChI is InChI=1S/C21H24N2O4/c1-13-9-17(15(3)23(13)14(2)11-26-4)20(24)12-27-21(25)19-10-16-7-5-6-8-18(16)22-19/h5-10,14,22H,11-12H2,1-4H3. The maximum absolute atomic E-state index is 12.6. The van der Waals surface area contributed by atoms with Crippen molar-refractivity contribution in [2.75, 3.05) is 20.3 Å². The predicted octanol–water partition coefficient (Wildman–Crippen LogP) is 3.83. The van der Waals surface area contributed by atoms with Crippen molar-refractivity contribution in [1.29, 1.82) is 0 Å². The summed E-state index contributed by atoms with van der Waals surface area (Å²) < 4.78 is 12.5. The van der Waals surface area contributed by atoms with Gasteiger partial charge in [0.15, 0.2) is 6.61 Å². The summed E-state index contributed by atoms with van der Waals surface area (Å²) in [6.07, 6.45) is 0. The fourth-order valence-electron chi connectivity index (χ4n) is 3.52. The average molecular weight is 368 g/mol. The molecule has 6 nitrogen and oxygen atoms in total. The summed E-state index contributed by atoms with van der Waals surface area (Å²) in [6, 6.07) is 11.2. The summed E-state index contributed by atoms with van der Waals surface area (Å²) in [6.45, 7) is 6.14. The number of nitrogens with zero attached hydrogens (tertiary/aromatic N) is 1. The second-order valence-corrected chi connectivity index (χ2v) is 6.73. The highest BCUT2D eigenvalue weighted by Crippen LogP contribution is 2.21. The lowest BCUT2D eigenvalue weighted by molar-refractivity contribution is 0.0469. The SMILES string of the molecule is COCC(C)n1c(C)cc(C(=O)COC(=O)c2cc3ccccc3[nH]2)c1C. The van der Waals surface area contributed by atoms with E-state index in [4.69, 9.17) is 9.47 Å². The fraction of sp³-hybridized carbons (Fsp3) is 0.333. The van der Waals surface area contributed by atoms with Crippen molar-refractivity contribution in [1.82, 2.24) is 9.55 Å². The number of H-pyrrole nitrogens is 1. The molecule has 6 heteroatoms. The van der Waals surface area contributed by atoms with Crippen LogP contribution in [-0.4, -0.2) is 41.6 Å². The smallest absolute Gasteiger partial charge is 0.355 e. The van der Waals surface area contributed by atoms with E-state index in [2.05, 4.69) is 9.55 Å². The maximum atomic E-state index is 12.6. The molecule has 1 N–H and O–H groups in total. The Morgan fingerprint density at radius 3 is 2.63 bits per heavy atom. The van der Waals surface area contributed by atoms with E-state index in [0.29, 0.717) is 17.9 Å². The zero-order chi connectivity index (χ0) is 19.6.